The minimum Gasteiger partial charge on any atom is -0.371 e. The van der Waals surface area contributed by atoms with Crippen LogP contribution in [0.5, 0.6) is 0 Å². The zero-order chi connectivity index (χ0) is 19.3. The lowest BCUT2D eigenvalue weighted by Crippen LogP contribution is -2.27. The van der Waals surface area contributed by atoms with Crippen molar-refractivity contribution in [2.45, 2.75) is 24.2 Å². The van der Waals surface area contributed by atoms with E-state index in [1.807, 2.05) is 24.3 Å². The molecule has 0 aromatic heterocycles. The van der Waals surface area contributed by atoms with E-state index >= 15 is 0 Å². The molecular formula is C19H22ClN3O3S. The van der Waals surface area contributed by atoms with Crippen molar-refractivity contribution in [1.29, 1.82) is 0 Å². The fraction of sp³-hybridized carbons (Fsp3) is 0.316. The van der Waals surface area contributed by atoms with Crippen LogP contribution in [-0.2, 0) is 14.8 Å². The second kappa shape index (κ2) is 8.73. The Hall–Kier alpha value is -2.09. The van der Waals surface area contributed by atoms with E-state index < -0.39 is 10.0 Å². The number of amides is 1. The van der Waals surface area contributed by atoms with Crippen LogP contribution in [-0.4, -0.2) is 34.0 Å². The van der Waals surface area contributed by atoms with Gasteiger partial charge in [0.1, 0.15) is 0 Å². The molecule has 27 heavy (non-hydrogen) atoms. The summed E-state index contributed by atoms with van der Waals surface area (Å²) < 4.78 is 26.8. The summed E-state index contributed by atoms with van der Waals surface area (Å²) in [5.74, 6) is -0.248. The predicted octanol–water partition coefficient (Wildman–Crippen LogP) is 3.25. The second-order valence-electron chi connectivity index (χ2n) is 6.40. The van der Waals surface area contributed by atoms with Crippen molar-refractivity contribution in [3.05, 3.63) is 53.6 Å². The molecule has 1 fully saturated rings. The highest BCUT2D eigenvalue weighted by atomic mass is 35.5. The molecule has 2 aromatic rings. The van der Waals surface area contributed by atoms with Crippen LogP contribution >= 0.6 is 11.6 Å². The van der Waals surface area contributed by atoms with E-state index in [9.17, 15) is 13.2 Å². The first kappa shape index (κ1) is 19.7. The van der Waals surface area contributed by atoms with E-state index in [0.717, 1.165) is 18.8 Å². The van der Waals surface area contributed by atoms with Gasteiger partial charge in [-0.15, -0.1) is 0 Å². The van der Waals surface area contributed by atoms with Gasteiger partial charge >= 0.3 is 0 Å². The number of nitrogens with one attached hydrogen (secondary N) is 2. The Balaban J connectivity index is 1.52. The molecule has 0 unspecified atom stereocenters. The number of benzene rings is 2. The molecule has 0 saturated carbocycles. The van der Waals surface area contributed by atoms with Crippen LogP contribution in [0.3, 0.4) is 0 Å². The Kier molecular flexibility index (Phi) is 6.36. The fourth-order valence-corrected chi connectivity index (χ4v) is 4.33. The molecule has 1 heterocycles. The number of carbonyl (C=O) groups is 1. The van der Waals surface area contributed by atoms with E-state index in [1.54, 1.807) is 12.1 Å². The van der Waals surface area contributed by atoms with Crippen molar-refractivity contribution < 1.29 is 13.2 Å². The molecule has 0 spiro atoms. The first-order valence-corrected chi connectivity index (χ1v) is 10.7. The van der Waals surface area contributed by atoms with Gasteiger partial charge in [-0.05, 0) is 49.2 Å². The molecule has 8 heteroatoms. The molecule has 0 atom stereocenters. The summed E-state index contributed by atoms with van der Waals surface area (Å²) in [6.07, 6.45) is 2.40. The third kappa shape index (κ3) is 5.45. The van der Waals surface area contributed by atoms with Crippen LogP contribution in [0.25, 0.3) is 0 Å². The molecule has 144 valence electrons. The average Bonchev–Trinajstić information content (AvgIpc) is 3.16. The number of hydrogen-bond donors (Lipinski definition) is 2. The first-order valence-electron chi connectivity index (χ1n) is 8.84. The van der Waals surface area contributed by atoms with Crippen LogP contribution in [0.4, 0.5) is 11.4 Å². The summed E-state index contributed by atoms with van der Waals surface area (Å²) in [5, 5.41) is 3.16. The molecule has 1 amide bonds. The van der Waals surface area contributed by atoms with E-state index in [1.165, 1.54) is 25.0 Å². The van der Waals surface area contributed by atoms with E-state index in [2.05, 4.69) is 14.9 Å². The van der Waals surface area contributed by atoms with Crippen molar-refractivity contribution in [3.8, 4) is 0 Å². The maximum atomic E-state index is 12.2. The predicted molar refractivity (Wildman–Crippen MR) is 108 cm³/mol. The van der Waals surface area contributed by atoms with Gasteiger partial charge in [-0.1, -0.05) is 23.7 Å². The standard InChI is InChI=1S/C19H22ClN3O3S/c20-15-5-3-8-18(13-15)27(25,26)21-10-9-19(24)22-16-6-4-7-17(14-16)23-11-1-2-12-23/h3-8,13-14,21H,1-2,9-12H2,(H,22,24). The fourth-order valence-electron chi connectivity index (χ4n) is 3.00. The Labute approximate surface area is 164 Å². The summed E-state index contributed by atoms with van der Waals surface area (Å²) in [7, 11) is -3.69. The van der Waals surface area contributed by atoms with E-state index in [4.69, 9.17) is 11.6 Å². The van der Waals surface area contributed by atoms with Crippen molar-refractivity contribution in [2.24, 2.45) is 0 Å². The van der Waals surface area contributed by atoms with Gasteiger partial charge in [0.25, 0.3) is 0 Å². The lowest BCUT2D eigenvalue weighted by atomic mass is 10.2. The number of hydrogen-bond acceptors (Lipinski definition) is 4. The van der Waals surface area contributed by atoms with Crippen LogP contribution < -0.4 is 14.9 Å². The zero-order valence-electron chi connectivity index (χ0n) is 14.8. The molecule has 1 aliphatic heterocycles. The largest absolute Gasteiger partial charge is 0.371 e. The zero-order valence-corrected chi connectivity index (χ0v) is 16.4. The maximum absolute atomic E-state index is 12.2. The summed E-state index contributed by atoms with van der Waals surface area (Å²) >= 11 is 5.83. The molecular weight excluding hydrogens is 386 g/mol. The van der Waals surface area contributed by atoms with Gasteiger partial charge < -0.3 is 10.2 Å². The number of carbonyl (C=O) groups excluding carboxylic acids is 1. The molecule has 1 aliphatic rings. The summed E-state index contributed by atoms with van der Waals surface area (Å²) in [5.41, 5.74) is 1.80. The Morgan fingerprint density at radius 2 is 1.81 bits per heavy atom. The highest BCUT2D eigenvalue weighted by Gasteiger charge is 2.15. The molecule has 0 bridgehead atoms. The van der Waals surface area contributed by atoms with Gasteiger partial charge in [0.05, 0.1) is 4.90 Å². The Bertz CT molecular complexity index is 912. The third-order valence-corrected chi connectivity index (χ3v) is 6.05. The average molecular weight is 408 g/mol. The topological polar surface area (TPSA) is 78.5 Å². The van der Waals surface area contributed by atoms with Gasteiger partial charge in [-0.25, -0.2) is 13.1 Å². The number of rotatable bonds is 7. The number of halogens is 1. The van der Waals surface area contributed by atoms with Crippen molar-refractivity contribution >= 4 is 38.9 Å². The van der Waals surface area contributed by atoms with Crippen LogP contribution in [0.1, 0.15) is 19.3 Å². The smallest absolute Gasteiger partial charge is 0.240 e. The Morgan fingerprint density at radius 1 is 1.07 bits per heavy atom. The SMILES string of the molecule is O=C(CCNS(=O)(=O)c1cccc(Cl)c1)Nc1cccc(N2CCCC2)c1. The minimum absolute atomic E-state index is 0.00644. The van der Waals surface area contributed by atoms with Crippen molar-refractivity contribution in [3.63, 3.8) is 0 Å². The molecule has 3 rings (SSSR count). The molecule has 2 N–H and O–H groups in total. The van der Waals surface area contributed by atoms with Crippen LogP contribution in [0, 0.1) is 0 Å². The van der Waals surface area contributed by atoms with Crippen LogP contribution in [0.15, 0.2) is 53.4 Å². The monoisotopic (exact) mass is 407 g/mol. The molecule has 1 saturated heterocycles. The van der Waals surface area contributed by atoms with E-state index in [0.29, 0.717) is 10.7 Å². The summed E-state index contributed by atoms with van der Waals surface area (Å²) in [6.45, 7) is 2.07. The van der Waals surface area contributed by atoms with Gasteiger partial charge in [-0.3, -0.25) is 4.79 Å². The number of anilines is 2. The lowest BCUT2D eigenvalue weighted by Gasteiger charge is -2.18. The maximum Gasteiger partial charge on any atom is 0.240 e. The molecule has 0 aliphatic carbocycles. The number of nitrogens with zero attached hydrogens (tertiary/aromatic N) is 1. The van der Waals surface area contributed by atoms with Crippen molar-refractivity contribution in [1.82, 2.24) is 4.72 Å². The lowest BCUT2D eigenvalue weighted by molar-refractivity contribution is -0.116. The summed E-state index contributed by atoms with van der Waals surface area (Å²) in [6, 6.07) is 13.7. The highest BCUT2D eigenvalue weighted by molar-refractivity contribution is 7.89. The highest BCUT2D eigenvalue weighted by Crippen LogP contribution is 2.23. The van der Waals surface area contributed by atoms with Gasteiger partial charge in [0.15, 0.2) is 0 Å². The molecule has 2 aromatic carbocycles. The third-order valence-electron chi connectivity index (χ3n) is 4.35. The normalized spacial score (nSPS) is 14.3. The quantitative estimate of drug-likeness (QED) is 0.738. The van der Waals surface area contributed by atoms with Gasteiger partial charge in [0, 0.05) is 42.5 Å². The van der Waals surface area contributed by atoms with Gasteiger partial charge in [-0.2, -0.15) is 0 Å². The van der Waals surface area contributed by atoms with E-state index in [-0.39, 0.29) is 23.8 Å². The number of sulfonamides is 1. The minimum atomic E-state index is -3.69. The van der Waals surface area contributed by atoms with Gasteiger partial charge in [0.2, 0.25) is 15.9 Å². The van der Waals surface area contributed by atoms with Crippen LogP contribution in [0.2, 0.25) is 5.02 Å². The molecule has 6 nitrogen and oxygen atoms in total. The summed E-state index contributed by atoms with van der Waals surface area (Å²) in [4.78, 5) is 14.5. The van der Waals surface area contributed by atoms with Crippen molar-refractivity contribution in [2.75, 3.05) is 29.9 Å². The first-order chi connectivity index (χ1) is 12.9. The Morgan fingerprint density at radius 3 is 2.56 bits per heavy atom. The molecule has 0 radical (unpaired) electrons. The second-order valence-corrected chi connectivity index (χ2v) is 8.60.